The van der Waals surface area contributed by atoms with Crippen LogP contribution in [0.3, 0.4) is 0 Å². The van der Waals surface area contributed by atoms with E-state index in [1.54, 1.807) is 0 Å². The van der Waals surface area contributed by atoms with E-state index in [4.69, 9.17) is 14.2 Å². The van der Waals surface area contributed by atoms with Crippen LogP contribution in [0.5, 0.6) is 0 Å². The topological polar surface area (TPSA) is 77.0 Å². The van der Waals surface area contributed by atoms with E-state index in [0.717, 1.165) is 37.8 Å². The summed E-state index contributed by atoms with van der Waals surface area (Å²) in [6.45, 7) is 6.01. The van der Waals surface area contributed by atoms with Crippen molar-refractivity contribution >= 4 is 29.4 Å². The van der Waals surface area contributed by atoms with Crippen molar-refractivity contribution in [2.75, 3.05) is 75.3 Å². The molecule has 2 aliphatic heterocycles. The Kier molecular flexibility index (Phi) is 6.11. The number of thioether (sulfide) groups is 1. The van der Waals surface area contributed by atoms with Gasteiger partial charge in [0.2, 0.25) is 0 Å². The highest BCUT2D eigenvalue weighted by Gasteiger charge is 2.19. The first-order chi connectivity index (χ1) is 11.8. The van der Waals surface area contributed by atoms with Gasteiger partial charge in [-0.05, 0) is 0 Å². The molecule has 0 saturated carbocycles. The van der Waals surface area contributed by atoms with Crippen molar-refractivity contribution in [3.8, 4) is 0 Å². The zero-order valence-corrected chi connectivity index (χ0v) is 14.6. The summed E-state index contributed by atoms with van der Waals surface area (Å²) in [5, 5.41) is 0.589. The van der Waals surface area contributed by atoms with E-state index in [1.807, 2.05) is 6.07 Å². The summed E-state index contributed by atoms with van der Waals surface area (Å²) in [5.41, 5.74) is 0. The van der Waals surface area contributed by atoms with Crippen LogP contribution in [0.1, 0.15) is 0 Å². The third kappa shape index (κ3) is 4.49. The summed E-state index contributed by atoms with van der Waals surface area (Å²) in [6, 6.07) is 2.01. The number of hydrogen-bond acceptors (Lipinski definition) is 9. The molecule has 0 radical (unpaired) electrons. The zero-order valence-electron chi connectivity index (χ0n) is 13.8. The maximum Gasteiger partial charge on any atom is 0.316 e. The van der Waals surface area contributed by atoms with E-state index in [2.05, 4.69) is 19.8 Å². The third-order valence-corrected chi connectivity index (χ3v) is 4.72. The van der Waals surface area contributed by atoms with Crippen LogP contribution in [0.2, 0.25) is 0 Å². The molecule has 3 heterocycles. The fourth-order valence-electron chi connectivity index (χ4n) is 2.56. The molecule has 0 aliphatic carbocycles. The molecular formula is C15H22N4O4S. The number of rotatable bonds is 5. The second-order valence-corrected chi connectivity index (χ2v) is 6.37. The normalized spacial score (nSPS) is 18.5. The molecule has 0 atom stereocenters. The number of hydrogen-bond donors (Lipinski definition) is 0. The first-order valence-electron chi connectivity index (χ1n) is 8.00. The van der Waals surface area contributed by atoms with Gasteiger partial charge in [-0.3, -0.25) is 4.79 Å². The summed E-state index contributed by atoms with van der Waals surface area (Å²) in [7, 11) is 1.38. The molecule has 0 unspecified atom stereocenters. The highest BCUT2D eigenvalue weighted by atomic mass is 32.2. The molecule has 2 aliphatic rings. The minimum atomic E-state index is -0.284. The lowest BCUT2D eigenvalue weighted by Crippen LogP contribution is -2.39. The van der Waals surface area contributed by atoms with E-state index in [0.29, 0.717) is 31.6 Å². The molecule has 132 valence electrons. The molecule has 8 nitrogen and oxygen atoms in total. The van der Waals surface area contributed by atoms with Gasteiger partial charge in [0.05, 0.1) is 39.3 Å². The smallest absolute Gasteiger partial charge is 0.316 e. The van der Waals surface area contributed by atoms with Gasteiger partial charge in [-0.15, -0.1) is 0 Å². The molecule has 0 amide bonds. The summed E-state index contributed by atoms with van der Waals surface area (Å²) in [5.74, 6) is 1.67. The highest BCUT2D eigenvalue weighted by molar-refractivity contribution is 7.99. The first kappa shape index (κ1) is 17.2. The van der Waals surface area contributed by atoms with Gasteiger partial charge >= 0.3 is 5.97 Å². The van der Waals surface area contributed by atoms with E-state index in [-0.39, 0.29) is 11.7 Å². The van der Waals surface area contributed by atoms with Gasteiger partial charge in [-0.25, -0.2) is 9.97 Å². The van der Waals surface area contributed by atoms with Crippen molar-refractivity contribution in [1.29, 1.82) is 0 Å². The molecule has 9 heteroatoms. The number of morpholine rings is 2. The van der Waals surface area contributed by atoms with Crippen LogP contribution in [-0.4, -0.2) is 81.4 Å². The second kappa shape index (κ2) is 8.50. The van der Waals surface area contributed by atoms with Gasteiger partial charge in [0.15, 0.2) is 5.16 Å². The molecule has 1 aromatic rings. The minimum Gasteiger partial charge on any atom is -0.468 e. The Morgan fingerprint density at radius 2 is 1.58 bits per heavy atom. The Morgan fingerprint density at radius 1 is 1.08 bits per heavy atom. The van der Waals surface area contributed by atoms with Crippen molar-refractivity contribution in [3.05, 3.63) is 6.07 Å². The molecule has 0 N–H and O–H groups in total. The average Bonchev–Trinajstić information content (AvgIpc) is 2.67. The van der Waals surface area contributed by atoms with Crippen molar-refractivity contribution in [2.45, 2.75) is 5.16 Å². The molecule has 0 bridgehead atoms. The minimum absolute atomic E-state index is 0.200. The Bertz CT molecular complexity index is 526. The second-order valence-electron chi connectivity index (χ2n) is 5.43. The van der Waals surface area contributed by atoms with E-state index in [1.165, 1.54) is 18.9 Å². The quantitative estimate of drug-likeness (QED) is 0.424. The molecule has 2 fully saturated rings. The highest BCUT2D eigenvalue weighted by Crippen LogP contribution is 2.25. The Balaban J connectivity index is 1.81. The number of anilines is 2. The standard InChI is InChI=1S/C15H22N4O4S/c1-21-14(20)11-24-15-16-12(18-2-6-22-7-3-18)10-13(17-15)19-4-8-23-9-5-19/h10H,2-9,11H2,1H3. The van der Waals surface area contributed by atoms with Gasteiger partial charge in [-0.1, -0.05) is 11.8 Å². The zero-order chi connectivity index (χ0) is 16.8. The van der Waals surface area contributed by atoms with Crippen molar-refractivity contribution in [2.24, 2.45) is 0 Å². The molecule has 2 saturated heterocycles. The van der Waals surface area contributed by atoms with Gasteiger partial charge in [0.25, 0.3) is 0 Å². The summed E-state index contributed by atoms with van der Waals surface area (Å²) in [6.07, 6.45) is 0. The van der Waals surface area contributed by atoms with Gasteiger partial charge < -0.3 is 24.0 Å². The maximum absolute atomic E-state index is 11.4. The van der Waals surface area contributed by atoms with Gasteiger partial charge in [0, 0.05) is 32.2 Å². The predicted octanol–water partition coefficient (Wildman–Crippen LogP) is 0.415. The van der Waals surface area contributed by atoms with Crippen molar-refractivity contribution in [1.82, 2.24) is 9.97 Å². The van der Waals surface area contributed by atoms with E-state index < -0.39 is 0 Å². The molecular weight excluding hydrogens is 332 g/mol. The molecule has 0 spiro atoms. The lowest BCUT2D eigenvalue weighted by Gasteiger charge is -2.31. The lowest BCUT2D eigenvalue weighted by atomic mass is 10.3. The fourth-order valence-corrected chi connectivity index (χ4v) is 3.24. The molecule has 0 aromatic carbocycles. The first-order valence-corrected chi connectivity index (χ1v) is 8.99. The van der Waals surface area contributed by atoms with E-state index >= 15 is 0 Å². The molecule has 1 aromatic heterocycles. The third-order valence-electron chi connectivity index (χ3n) is 3.90. The van der Waals surface area contributed by atoms with Gasteiger partial charge in [-0.2, -0.15) is 0 Å². The number of methoxy groups -OCH3 is 1. The van der Waals surface area contributed by atoms with Crippen molar-refractivity contribution in [3.63, 3.8) is 0 Å². The number of ether oxygens (including phenoxy) is 3. The van der Waals surface area contributed by atoms with Crippen LogP contribution in [-0.2, 0) is 19.0 Å². The largest absolute Gasteiger partial charge is 0.468 e. The maximum atomic E-state index is 11.4. The number of aromatic nitrogens is 2. The lowest BCUT2D eigenvalue weighted by molar-refractivity contribution is -0.137. The van der Waals surface area contributed by atoms with E-state index in [9.17, 15) is 4.79 Å². The summed E-state index contributed by atoms with van der Waals surface area (Å²) in [4.78, 5) is 25.0. The van der Waals surface area contributed by atoms with Crippen LogP contribution in [0.25, 0.3) is 0 Å². The van der Waals surface area contributed by atoms with Gasteiger partial charge in [0.1, 0.15) is 11.6 Å². The van der Waals surface area contributed by atoms with Crippen LogP contribution in [0.15, 0.2) is 11.2 Å². The average molecular weight is 354 g/mol. The fraction of sp³-hybridized carbons (Fsp3) is 0.667. The van der Waals surface area contributed by atoms with Crippen LogP contribution in [0.4, 0.5) is 11.6 Å². The Labute approximate surface area is 145 Å². The molecule has 3 rings (SSSR count). The van der Waals surface area contributed by atoms with Crippen molar-refractivity contribution < 1.29 is 19.0 Å². The Hall–Kier alpha value is -1.58. The number of nitrogens with zero attached hydrogens (tertiary/aromatic N) is 4. The number of carbonyl (C=O) groups excluding carboxylic acids is 1. The summed E-state index contributed by atoms with van der Waals surface area (Å²) < 4.78 is 15.5. The number of carbonyl (C=O) groups is 1. The Morgan fingerprint density at radius 3 is 2.04 bits per heavy atom. The van der Waals surface area contributed by atoms with Crippen LogP contribution in [0, 0.1) is 0 Å². The van der Waals surface area contributed by atoms with Crippen LogP contribution < -0.4 is 9.80 Å². The summed E-state index contributed by atoms with van der Waals surface area (Å²) >= 11 is 1.30. The monoisotopic (exact) mass is 354 g/mol. The predicted molar refractivity (Wildman–Crippen MR) is 90.8 cm³/mol. The number of esters is 1. The SMILES string of the molecule is COC(=O)CSc1nc(N2CCOCC2)cc(N2CCOCC2)n1. The van der Waals surface area contributed by atoms with Crippen LogP contribution >= 0.6 is 11.8 Å². The molecule has 24 heavy (non-hydrogen) atoms.